The number of epoxide rings is 1. The minimum absolute atomic E-state index is 0.0227. The summed E-state index contributed by atoms with van der Waals surface area (Å²) < 4.78 is 22.6. The molecular weight excluding hydrogens is 494 g/mol. The molecule has 0 saturated carbocycles. The van der Waals surface area contributed by atoms with Crippen LogP contribution in [0.4, 0.5) is 0 Å². The summed E-state index contributed by atoms with van der Waals surface area (Å²) >= 11 is 0. The van der Waals surface area contributed by atoms with Gasteiger partial charge in [0.15, 0.2) is 5.78 Å². The number of aliphatic hydroxyl groups excluding tert-OH is 2. The van der Waals surface area contributed by atoms with E-state index in [1.54, 1.807) is 19.1 Å². The van der Waals surface area contributed by atoms with E-state index in [0.29, 0.717) is 19.4 Å². The third-order valence-electron chi connectivity index (χ3n) is 7.14. The standard InChI is InChI=1S/C28H41NO9/c1-17(6-11-25-27(34)28(16-35-28)14-23(38-25)13-21(32)15-30)5-8-22-9-10-24(19(3)37-22)29-26(33)12-7-18(2)36-20(4)31/h5-7,11-12,18-19,22-25,27,30,34H,8-10,13-16H2,1-4H3,(H,29,33)/b11-6+,12-7-,17-5+/t18-,19+,22-,23-,24+,25?,27+,28+/m0/s1. The lowest BCUT2D eigenvalue weighted by Crippen LogP contribution is -2.50. The van der Waals surface area contributed by atoms with Gasteiger partial charge >= 0.3 is 5.97 Å². The van der Waals surface area contributed by atoms with Crippen LogP contribution in [0.1, 0.15) is 59.8 Å². The molecule has 3 saturated heterocycles. The van der Waals surface area contributed by atoms with Gasteiger partial charge < -0.3 is 34.5 Å². The molecule has 8 atom stereocenters. The molecule has 0 aliphatic carbocycles. The summed E-state index contributed by atoms with van der Waals surface area (Å²) in [5, 5.41) is 22.7. The van der Waals surface area contributed by atoms with Gasteiger partial charge in [-0.1, -0.05) is 23.8 Å². The molecular formula is C28H41NO9. The fourth-order valence-corrected chi connectivity index (χ4v) is 4.94. The second-order valence-electron chi connectivity index (χ2n) is 10.5. The number of ketones is 1. The number of esters is 1. The Morgan fingerprint density at radius 1 is 1.16 bits per heavy atom. The summed E-state index contributed by atoms with van der Waals surface area (Å²) in [5.41, 5.74) is 0.318. The van der Waals surface area contributed by atoms with Gasteiger partial charge in [0.1, 0.15) is 30.5 Å². The van der Waals surface area contributed by atoms with Gasteiger partial charge in [-0.05, 0) is 46.1 Å². The second-order valence-corrected chi connectivity index (χ2v) is 10.5. The van der Waals surface area contributed by atoms with Gasteiger partial charge in [0.2, 0.25) is 5.91 Å². The molecule has 3 heterocycles. The number of amides is 1. The van der Waals surface area contributed by atoms with Crippen LogP contribution in [0.2, 0.25) is 0 Å². The minimum Gasteiger partial charge on any atom is -0.459 e. The first-order valence-corrected chi connectivity index (χ1v) is 13.3. The van der Waals surface area contributed by atoms with Crippen LogP contribution in [-0.4, -0.2) is 89.4 Å². The van der Waals surface area contributed by atoms with E-state index < -0.39 is 42.6 Å². The normalized spacial score (nSPS) is 34.4. The molecule has 10 nitrogen and oxygen atoms in total. The number of ether oxygens (including phenoxy) is 4. The van der Waals surface area contributed by atoms with E-state index in [1.807, 2.05) is 19.9 Å². The highest BCUT2D eigenvalue weighted by molar-refractivity contribution is 5.87. The van der Waals surface area contributed by atoms with E-state index in [0.717, 1.165) is 18.4 Å². The number of carbonyl (C=O) groups is 3. The van der Waals surface area contributed by atoms with Gasteiger partial charge in [-0.15, -0.1) is 0 Å². The molecule has 3 N–H and O–H groups in total. The van der Waals surface area contributed by atoms with E-state index in [1.165, 1.54) is 13.0 Å². The van der Waals surface area contributed by atoms with Crippen molar-refractivity contribution in [3.8, 4) is 0 Å². The maximum absolute atomic E-state index is 12.2. The van der Waals surface area contributed by atoms with Gasteiger partial charge in [0, 0.05) is 25.8 Å². The number of carbonyl (C=O) groups excluding carboxylic acids is 3. The average Bonchev–Trinajstić information content (AvgIpc) is 3.63. The predicted molar refractivity (Wildman–Crippen MR) is 138 cm³/mol. The number of allylic oxidation sites excluding steroid dienone is 2. The molecule has 10 heteroatoms. The second kappa shape index (κ2) is 13.6. The Balaban J connectivity index is 1.45. The van der Waals surface area contributed by atoms with Crippen LogP contribution in [0.25, 0.3) is 0 Å². The van der Waals surface area contributed by atoms with Crippen molar-refractivity contribution in [2.75, 3.05) is 13.2 Å². The molecule has 3 rings (SSSR count). The van der Waals surface area contributed by atoms with Crippen molar-refractivity contribution in [1.82, 2.24) is 5.32 Å². The highest BCUT2D eigenvalue weighted by Crippen LogP contribution is 2.43. The zero-order valence-corrected chi connectivity index (χ0v) is 22.6. The Kier molecular flexibility index (Phi) is 10.8. The summed E-state index contributed by atoms with van der Waals surface area (Å²) in [7, 11) is 0. The predicted octanol–water partition coefficient (Wildman–Crippen LogP) is 1.68. The first-order valence-electron chi connectivity index (χ1n) is 13.3. The average molecular weight is 536 g/mol. The number of hydrogen-bond donors (Lipinski definition) is 3. The zero-order chi connectivity index (χ0) is 27.9. The molecule has 0 aromatic carbocycles. The summed E-state index contributed by atoms with van der Waals surface area (Å²) in [5.74, 6) is -0.948. The highest BCUT2D eigenvalue weighted by atomic mass is 16.6. The number of rotatable bonds is 11. The first-order chi connectivity index (χ1) is 18.0. The van der Waals surface area contributed by atoms with Crippen molar-refractivity contribution >= 4 is 17.7 Å². The quantitative estimate of drug-likeness (QED) is 0.156. The van der Waals surface area contributed by atoms with Crippen LogP contribution in [0, 0.1) is 0 Å². The monoisotopic (exact) mass is 535 g/mol. The Labute approximate surface area is 224 Å². The van der Waals surface area contributed by atoms with Gasteiger partial charge in [0.05, 0.1) is 31.0 Å². The smallest absolute Gasteiger partial charge is 0.303 e. The van der Waals surface area contributed by atoms with Crippen molar-refractivity contribution in [3.05, 3.63) is 36.0 Å². The third kappa shape index (κ3) is 8.84. The lowest BCUT2D eigenvalue weighted by atomic mass is 9.87. The Morgan fingerprint density at radius 3 is 2.53 bits per heavy atom. The molecule has 1 amide bonds. The molecule has 1 spiro atoms. The third-order valence-corrected chi connectivity index (χ3v) is 7.14. The Bertz CT molecular complexity index is 939. The lowest BCUT2D eigenvalue weighted by molar-refractivity contribution is -0.145. The van der Waals surface area contributed by atoms with Crippen LogP contribution >= 0.6 is 0 Å². The summed E-state index contributed by atoms with van der Waals surface area (Å²) in [6.07, 6.45) is 9.04. The molecule has 0 radical (unpaired) electrons. The number of hydrogen-bond acceptors (Lipinski definition) is 9. The first kappa shape index (κ1) is 30.2. The highest BCUT2D eigenvalue weighted by Gasteiger charge is 2.58. The number of aliphatic hydroxyl groups is 2. The fraction of sp³-hybridized carbons (Fsp3) is 0.679. The lowest BCUT2D eigenvalue weighted by Gasteiger charge is -2.36. The Morgan fingerprint density at radius 2 is 1.89 bits per heavy atom. The SMILES string of the molecule is CC(=O)O[C@@H](C)/C=C\C(=O)N[C@@H]1CC[C@H](C/C=C(C)/C=C/C2O[C@@H](CC(=O)CO)C[C@@]3(CO3)[C@@H]2O)O[C@@H]1C. The summed E-state index contributed by atoms with van der Waals surface area (Å²) in [6, 6.07) is -0.107. The number of Topliss-reactive ketones (excluding diaryl/α,β-unsaturated/α-hetero) is 1. The van der Waals surface area contributed by atoms with E-state index in [2.05, 4.69) is 11.4 Å². The van der Waals surface area contributed by atoms with E-state index >= 15 is 0 Å². The van der Waals surface area contributed by atoms with Gasteiger partial charge in [-0.3, -0.25) is 14.4 Å². The topological polar surface area (TPSA) is 144 Å². The largest absolute Gasteiger partial charge is 0.459 e. The molecule has 38 heavy (non-hydrogen) atoms. The Hall–Kier alpha value is -2.37. The maximum atomic E-state index is 12.2. The molecule has 0 aromatic rings. The molecule has 3 aliphatic heterocycles. The van der Waals surface area contributed by atoms with E-state index in [9.17, 15) is 19.5 Å². The van der Waals surface area contributed by atoms with Gasteiger partial charge in [0.25, 0.3) is 0 Å². The molecule has 1 unspecified atom stereocenters. The molecule has 0 bridgehead atoms. The van der Waals surface area contributed by atoms with Crippen molar-refractivity contribution in [3.63, 3.8) is 0 Å². The molecule has 0 aromatic heterocycles. The minimum atomic E-state index is -0.818. The zero-order valence-electron chi connectivity index (χ0n) is 22.6. The van der Waals surface area contributed by atoms with Crippen LogP contribution in [-0.2, 0) is 33.3 Å². The van der Waals surface area contributed by atoms with Crippen molar-refractivity contribution in [1.29, 1.82) is 0 Å². The van der Waals surface area contributed by atoms with Crippen molar-refractivity contribution in [2.24, 2.45) is 0 Å². The number of nitrogens with one attached hydrogen (secondary N) is 1. The maximum Gasteiger partial charge on any atom is 0.303 e. The fourth-order valence-electron chi connectivity index (χ4n) is 4.94. The van der Waals surface area contributed by atoms with Gasteiger partial charge in [-0.25, -0.2) is 0 Å². The van der Waals surface area contributed by atoms with E-state index in [-0.39, 0.29) is 36.4 Å². The van der Waals surface area contributed by atoms with Gasteiger partial charge in [-0.2, -0.15) is 0 Å². The van der Waals surface area contributed by atoms with Crippen LogP contribution in [0.5, 0.6) is 0 Å². The van der Waals surface area contributed by atoms with Crippen LogP contribution < -0.4 is 5.32 Å². The van der Waals surface area contributed by atoms with Crippen molar-refractivity contribution in [2.45, 2.75) is 108 Å². The summed E-state index contributed by atoms with van der Waals surface area (Å²) in [4.78, 5) is 34.9. The van der Waals surface area contributed by atoms with Crippen LogP contribution in [0.15, 0.2) is 36.0 Å². The van der Waals surface area contributed by atoms with Crippen molar-refractivity contribution < 1.29 is 43.5 Å². The molecule has 3 aliphatic rings. The van der Waals surface area contributed by atoms with Crippen LogP contribution in [0.3, 0.4) is 0 Å². The molecule has 3 fully saturated rings. The molecule has 212 valence electrons. The summed E-state index contributed by atoms with van der Waals surface area (Å²) in [6.45, 7) is 6.82. The van der Waals surface area contributed by atoms with E-state index in [4.69, 9.17) is 24.1 Å².